The molecule has 5 nitrogen and oxygen atoms in total. The van der Waals surface area contributed by atoms with Crippen molar-refractivity contribution in [2.45, 2.75) is 32.9 Å². The zero-order chi connectivity index (χ0) is 11.3. The molecule has 1 aromatic heterocycles. The van der Waals surface area contributed by atoms with Crippen molar-refractivity contribution < 1.29 is 17.5 Å². The van der Waals surface area contributed by atoms with Crippen LogP contribution in [0.15, 0.2) is 18.7 Å². The van der Waals surface area contributed by atoms with E-state index in [9.17, 15) is 13.0 Å². The average molecular weight is 232 g/mol. The summed E-state index contributed by atoms with van der Waals surface area (Å²) in [6.07, 6.45) is 7.17. The van der Waals surface area contributed by atoms with Gasteiger partial charge in [0.05, 0.1) is 23.2 Å². The van der Waals surface area contributed by atoms with Crippen LogP contribution in [0.1, 0.15) is 19.8 Å². The van der Waals surface area contributed by atoms with Gasteiger partial charge in [0, 0.05) is 5.75 Å². The highest BCUT2D eigenvalue weighted by atomic mass is 32.2. The summed E-state index contributed by atoms with van der Waals surface area (Å²) >= 11 is 0. The number of nitrogens with zero attached hydrogens (tertiary/aromatic N) is 2. The van der Waals surface area contributed by atoms with E-state index in [-0.39, 0.29) is 5.75 Å². The van der Waals surface area contributed by atoms with E-state index in [0.717, 1.165) is 13.0 Å². The van der Waals surface area contributed by atoms with Crippen molar-refractivity contribution in [2.24, 2.45) is 0 Å². The van der Waals surface area contributed by atoms with Gasteiger partial charge in [-0.25, -0.2) is 17.6 Å². The van der Waals surface area contributed by atoms with Gasteiger partial charge in [-0.1, -0.05) is 6.92 Å². The van der Waals surface area contributed by atoms with Crippen LogP contribution < -0.4 is 4.57 Å². The number of aryl methyl sites for hydroxylation is 2. The van der Waals surface area contributed by atoms with E-state index in [1.807, 2.05) is 27.9 Å². The van der Waals surface area contributed by atoms with E-state index in [0.29, 0.717) is 13.0 Å². The largest absolute Gasteiger partial charge is 0.748 e. The molecule has 0 aliphatic rings. The molecule has 0 bridgehead atoms. The Balaban J connectivity index is 2.38. The van der Waals surface area contributed by atoms with Crippen molar-refractivity contribution in [1.29, 1.82) is 0 Å². The second-order valence-corrected chi connectivity index (χ2v) is 5.03. The van der Waals surface area contributed by atoms with Gasteiger partial charge in [-0.3, -0.25) is 0 Å². The first-order valence-corrected chi connectivity index (χ1v) is 6.57. The lowest BCUT2D eigenvalue weighted by Crippen LogP contribution is -2.30. The first kappa shape index (κ1) is 12.2. The van der Waals surface area contributed by atoms with E-state index < -0.39 is 10.1 Å². The zero-order valence-electron chi connectivity index (χ0n) is 8.80. The molecule has 6 heteroatoms. The summed E-state index contributed by atoms with van der Waals surface area (Å²) in [6, 6.07) is 0. The summed E-state index contributed by atoms with van der Waals surface area (Å²) in [7, 11) is -4.07. The van der Waals surface area contributed by atoms with Gasteiger partial charge in [-0.15, -0.1) is 0 Å². The van der Waals surface area contributed by atoms with E-state index in [1.165, 1.54) is 0 Å². The summed E-state index contributed by atoms with van der Waals surface area (Å²) in [5.41, 5.74) is 0. The maximum absolute atomic E-state index is 10.4. The van der Waals surface area contributed by atoms with Crippen molar-refractivity contribution >= 4 is 10.1 Å². The fourth-order valence-electron chi connectivity index (χ4n) is 1.39. The minimum absolute atomic E-state index is 0.293. The molecule has 1 rings (SSSR count). The topological polar surface area (TPSA) is 66.0 Å². The van der Waals surface area contributed by atoms with E-state index >= 15 is 0 Å². The van der Waals surface area contributed by atoms with Gasteiger partial charge in [0.25, 0.3) is 0 Å². The van der Waals surface area contributed by atoms with Gasteiger partial charge in [-0.2, -0.15) is 0 Å². The SMILES string of the molecule is CCC[n+]1ccn(CCCS(=O)(=O)[O-])c1. The van der Waals surface area contributed by atoms with Crippen molar-refractivity contribution in [3.8, 4) is 0 Å². The molecular formula is C9H16N2O3S. The maximum Gasteiger partial charge on any atom is 0.243 e. The summed E-state index contributed by atoms with van der Waals surface area (Å²) < 4.78 is 35.0. The molecule has 0 N–H and O–H groups in total. The zero-order valence-corrected chi connectivity index (χ0v) is 9.61. The fraction of sp³-hybridized carbons (Fsp3) is 0.667. The highest BCUT2D eigenvalue weighted by molar-refractivity contribution is 7.85. The standard InChI is InChI=1S/C9H16N2O3S/c1-2-4-10-6-7-11(9-10)5-3-8-15(12,13)14/h6-7,9H,2-5,8H2,1H3. The molecule has 0 spiro atoms. The van der Waals surface area contributed by atoms with Crippen LogP contribution in [0.3, 0.4) is 0 Å². The molecule has 0 aliphatic carbocycles. The van der Waals surface area contributed by atoms with E-state index in [2.05, 4.69) is 6.92 Å². The van der Waals surface area contributed by atoms with Crippen LogP contribution in [-0.2, 0) is 23.2 Å². The molecule has 1 heterocycles. The molecule has 0 amide bonds. The highest BCUT2D eigenvalue weighted by Crippen LogP contribution is 1.93. The Morgan fingerprint density at radius 1 is 1.47 bits per heavy atom. The first-order valence-electron chi connectivity index (χ1n) is 4.99. The monoisotopic (exact) mass is 232 g/mol. The lowest BCUT2D eigenvalue weighted by atomic mass is 10.5. The third kappa shape index (κ3) is 4.94. The predicted octanol–water partition coefficient (Wildman–Crippen LogP) is 0.121. The maximum atomic E-state index is 10.4. The van der Waals surface area contributed by atoms with Gasteiger partial charge >= 0.3 is 0 Å². The van der Waals surface area contributed by atoms with E-state index in [1.54, 1.807) is 0 Å². The number of rotatable bonds is 6. The Morgan fingerprint density at radius 2 is 2.20 bits per heavy atom. The highest BCUT2D eigenvalue weighted by Gasteiger charge is 2.03. The molecule has 1 aromatic rings. The minimum Gasteiger partial charge on any atom is -0.748 e. The van der Waals surface area contributed by atoms with Gasteiger partial charge in [-0.05, 0) is 12.8 Å². The Labute approximate surface area is 90.1 Å². The van der Waals surface area contributed by atoms with E-state index in [4.69, 9.17) is 0 Å². The smallest absolute Gasteiger partial charge is 0.243 e. The molecule has 0 radical (unpaired) electrons. The second kappa shape index (κ2) is 5.27. The van der Waals surface area contributed by atoms with Gasteiger partial charge in [0.1, 0.15) is 12.4 Å². The lowest BCUT2D eigenvalue weighted by molar-refractivity contribution is -0.696. The number of hydrogen-bond acceptors (Lipinski definition) is 3. The normalized spacial score (nSPS) is 11.9. The molecule has 0 unspecified atom stereocenters. The summed E-state index contributed by atoms with van der Waals surface area (Å²) in [5.74, 6) is -0.293. The van der Waals surface area contributed by atoms with Crippen LogP contribution in [0.2, 0.25) is 0 Å². The van der Waals surface area contributed by atoms with Gasteiger partial charge in [0.15, 0.2) is 0 Å². The fourth-order valence-corrected chi connectivity index (χ4v) is 1.87. The Kier molecular flexibility index (Phi) is 4.28. The number of imidazole rings is 1. The first-order chi connectivity index (χ1) is 7.01. The van der Waals surface area contributed by atoms with Crippen molar-refractivity contribution in [1.82, 2.24) is 4.57 Å². The van der Waals surface area contributed by atoms with Crippen LogP contribution in [0.25, 0.3) is 0 Å². The summed E-state index contributed by atoms with van der Waals surface area (Å²) in [6.45, 7) is 3.61. The second-order valence-electron chi connectivity index (χ2n) is 3.50. The molecule has 0 saturated heterocycles. The average Bonchev–Trinajstić information content (AvgIpc) is 2.51. The van der Waals surface area contributed by atoms with Crippen LogP contribution in [0.4, 0.5) is 0 Å². The third-order valence-electron chi connectivity index (χ3n) is 2.04. The molecule has 0 aromatic carbocycles. The Morgan fingerprint density at radius 3 is 2.80 bits per heavy atom. The summed E-state index contributed by atoms with van der Waals surface area (Å²) in [5, 5.41) is 0. The molecule has 86 valence electrons. The molecule has 0 saturated carbocycles. The predicted molar refractivity (Wildman–Crippen MR) is 54.1 cm³/mol. The molecule has 15 heavy (non-hydrogen) atoms. The third-order valence-corrected chi connectivity index (χ3v) is 2.83. The molecule has 0 fully saturated rings. The molecule has 0 aliphatic heterocycles. The van der Waals surface area contributed by atoms with Crippen LogP contribution in [0.5, 0.6) is 0 Å². The quantitative estimate of drug-likeness (QED) is 0.517. The minimum atomic E-state index is -4.07. The Bertz CT molecular complexity index is 397. The molecular weight excluding hydrogens is 216 g/mol. The van der Waals surface area contributed by atoms with Crippen LogP contribution in [0, 0.1) is 0 Å². The van der Waals surface area contributed by atoms with Gasteiger partial charge in [0.2, 0.25) is 6.33 Å². The van der Waals surface area contributed by atoms with Crippen LogP contribution in [-0.4, -0.2) is 23.3 Å². The number of aromatic nitrogens is 2. The van der Waals surface area contributed by atoms with Gasteiger partial charge < -0.3 is 4.55 Å². The molecule has 0 atom stereocenters. The van der Waals surface area contributed by atoms with Crippen molar-refractivity contribution in [2.75, 3.05) is 5.75 Å². The number of hydrogen-bond donors (Lipinski definition) is 0. The van der Waals surface area contributed by atoms with Crippen molar-refractivity contribution in [3.63, 3.8) is 0 Å². The van der Waals surface area contributed by atoms with Crippen molar-refractivity contribution in [3.05, 3.63) is 18.7 Å². The lowest BCUT2D eigenvalue weighted by Gasteiger charge is -2.04. The van der Waals surface area contributed by atoms with Crippen LogP contribution >= 0.6 is 0 Å². The Hall–Kier alpha value is -0.880. The summed E-state index contributed by atoms with van der Waals surface area (Å²) in [4.78, 5) is 0.